The lowest BCUT2D eigenvalue weighted by atomic mass is 10.2. The number of nitrogens with one attached hydrogen (secondary N) is 1. The fourth-order valence-corrected chi connectivity index (χ4v) is 2.51. The Kier molecular flexibility index (Phi) is 5.17. The lowest BCUT2D eigenvalue weighted by Crippen LogP contribution is -2.04. The molecule has 3 rings (SSSR count). The molecule has 24 heavy (non-hydrogen) atoms. The van der Waals surface area contributed by atoms with Crippen LogP contribution < -0.4 is 4.74 Å². The van der Waals surface area contributed by atoms with Gasteiger partial charge in [0.05, 0.1) is 6.21 Å². The van der Waals surface area contributed by atoms with Gasteiger partial charge in [-0.25, -0.2) is 9.49 Å². The molecule has 1 aromatic heterocycles. The lowest BCUT2D eigenvalue weighted by molar-refractivity contribution is 0.290. The van der Waals surface area contributed by atoms with Crippen molar-refractivity contribution in [1.82, 2.24) is 14.9 Å². The topological polar surface area (TPSA) is 55.2 Å². The third-order valence-corrected chi connectivity index (χ3v) is 3.86. The molecule has 0 aliphatic carbocycles. The zero-order chi connectivity index (χ0) is 16.9. The van der Waals surface area contributed by atoms with Crippen molar-refractivity contribution in [2.45, 2.75) is 6.61 Å². The first-order valence-corrected chi connectivity index (χ1v) is 8.17. The summed E-state index contributed by atoms with van der Waals surface area (Å²) in [5, 5.41) is 10.9. The normalized spacial score (nSPS) is 11.1. The minimum atomic E-state index is -0.376. The minimum Gasteiger partial charge on any atom is -0.486 e. The lowest BCUT2D eigenvalue weighted by Gasteiger charge is -2.05. The Labute approximate surface area is 150 Å². The van der Waals surface area contributed by atoms with Crippen LogP contribution in [0.3, 0.4) is 0 Å². The zero-order valence-electron chi connectivity index (χ0n) is 12.3. The standard InChI is InChI=1S/C16H12BrFN4OS/c17-12-6-7-14(18)11(8-12)9-19-22-15(20-21-16(22)24)10-23-13-4-2-1-3-5-13/h1-9H,10H2,(H,21,24)/b19-9+. The molecule has 1 N–H and O–H groups in total. The summed E-state index contributed by atoms with van der Waals surface area (Å²) in [5.74, 6) is 0.814. The van der Waals surface area contributed by atoms with Crippen LogP contribution in [0.4, 0.5) is 4.39 Å². The Hall–Kier alpha value is -2.32. The van der Waals surface area contributed by atoms with E-state index in [9.17, 15) is 4.39 Å². The van der Waals surface area contributed by atoms with Gasteiger partial charge in [0.1, 0.15) is 18.2 Å². The van der Waals surface area contributed by atoms with Crippen LogP contribution in [0.15, 0.2) is 58.1 Å². The second-order valence-electron chi connectivity index (χ2n) is 4.77. The summed E-state index contributed by atoms with van der Waals surface area (Å²) in [6, 6.07) is 13.9. The maximum atomic E-state index is 13.8. The van der Waals surface area contributed by atoms with Crippen molar-refractivity contribution in [3.63, 3.8) is 0 Å². The molecule has 0 aliphatic heterocycles. The van der Waals surface area contributed by atoms with E-state index in [4.69, 9.17) is 17.0 Å². The quantitative estimate of drug-likeness (QED) is 0.507. The molecule has 0 aliphatic rings. The highest BCUT2D eigenvalue weighted by atomic mass is 79.9. The predicted octanol–water partition coefficient (Wildman–Crippen LogP) is 4.30. The number of hydrogen-bond donors (Lipinski definition) is 1. The fourth-order valence-electron chi connectivity index (χ4n) is 1.93. The molecule has 122 valence electrons. The molecule has 0 spiro atoms. The molecule has 0 atom stereocenters. The van der Waals surface area contributed by atoms with E-state index in [0.29, 0.717) is 21.9 Å². The van der Waals surface area contributed by atoms with Crippen LogP contribution in [0, 0.1) is 10.6 Å². The Balaban J connectivity index is 1.81. The van der Waals surface area contributed by atoms with Gasteiger partial charge < -0.3 is 4.74 Å². The molecular formula is C16H12BrFN4OS. The summed E-state index contributed by atoms with van der Waals surface area (Å²) in [6.07, 6.45) is 1.39. The highest BCUT2D eigenvalue weighted by molar-refractivity contribution is 9.10. The molecule has 0 amide bonds. The van der Waals surface area contributed by atoms with Gasteiger partial charge in [0, 0.05) is 10.0 Å². The summed E-state index contributed by atoms with van der Waals surface area (Å²) < 4.78 is 21.9. The van der Waals surface area contributed by atoms with Crippen LogP contribution in [-0.2, 0) is 6.61 Å². The summed E-state index contributed by atoms with van der Waals surface area (Å²) in [6.45, 7) is 0.176. The molecule has 1 heterocycles. The first kappa shape index (κ1) is 16.5. The Morgan fingerprint density at radius 1 is 1.29 bits per heavy atom. The van der Waals surface area contributed by atoms with Gasteiger partial charge in [0.15, 0.2) is 5.82 Å². The molecule has 0 bridgehead atoms. The van der Waals surface area contributed by atoms with Gasteiger partial charge in [0.25, 0.3) is 0 Å². The third-order valence-electron chi connectivity index (χ3n) is 3.10. The molecular weight excluding hydrogens is 395 g/mol. The first-order valence-electron chi connectivity index (χ1n) is 6.97. The molecule has 0 unspecified atom stereocenters. The van der Waals surface area contributed by atoms with Gasteiger partial charge >= 0.3 is 0 Å². The summed E-state index contributed by atoms with van der Waals surface area (Å²) in [5.41, 5.74) is 0.336. The maximum Gasteiger partial charge on any atom is 0.216 e. The molecule has 0 saturated carbocycles. The van der Waals surface area contributed by atoms with Crippen molar-refractivity contribution in [2.75, 3.05) is 0 Å². The number of nitrogens with zero attached hydrogens (tertiary/aromatic N) is 3. The van der Waals surface area contributed by atoms with Crippen LogP contribution in [0.5, 0.6) is 5.75 Å². The molecule has 3 aromatic rings. The van der Waals surface area contributed by atoms with Crippen LogP contribution in [0.2, 0.25) is 0 Å². The molecule has 8 heteroatoms. The molecule has 0 fully saturated rings. The summed E-state index contributed by atoms with van der Waals surface area (Å²) in [4.78, 5) is 0. The number of aromatic nitrogens is 3. The molecule has 5 nitrogen and oxygen atoms in total. The van der Waals surface area contributed by atoms with E-state index in [0.717, 1.165) is 4.47 Å². The number of H-pyrrole nitrogens is 1. The Bertz CT molecular complexity index is 923. The zero-order valence-corrected chi connectivity index (χ0v) is 14.7. The third kappa shape index (κ3) is 3.95. The number of rotatable bonds is 5. The van der Waals surface area contributed by atoms with Crippen molar-refractivity contribution >= 4 is 34.4 Å². The van der Waals surface area contributed by atoms with Crippen molar-refractivity contribution in [2.24, 2.45) is 5.10 Å². The summed E-state index contributed by atoms with van der Waals surface area (Å²) in [7, 11) is 0. The number of hydrogen-bond acceptors (Lipinski definition) is 4. The number of ether oxygens (including phenoxy) is 1. The van der Waals surface area contributed by atoms with E-state index in [-0.39, 0.29) is 12.4 Å². The average Bonchev–Trinajstić information content (AvgIpc) is 2.95. The maximum absolute atomic E-state index is 13.8. The average molecular weight is 407 g/mol. The second-order valence-corrected chi connectivity index (χ2v) is 6.07. The van der Waals surface area contributed by atoms with Gasteiger partial charge in [-0.05, 0) is 42.5 Å². The summed E-state index contributed by atoms with van der Waals surface area (Å²) >= 11 is 8.45. The van der Waals surface area contributed by atoms with Crippen molar-refractivity contribution in [3.8, 4) is 5.75 Å². The van der Waals surface area contributed by atoms with Gasteiger partial charge in [-0.1, -0.05) is 34.1 Å². The van der Waals surface area contributed by atoms with Crippen molar-refractivity contribution in [3.05, 3.63) is 75.0 Å². The molecule has 2 aromatic carbocycles. The van der Waals surface area contributed by atoms with E-state index in [1.807, 2.05) is 30.3 Å². The van der Waals surface area contributed by atoms with E-state index >= 15 is 0 Å². The highest BCUT2D eigenvalue weighted by Gasteiger charge is 2.07. The number of para-hydroxylation sites is 1. The second kappa shape index (κ2) is 7.50. The number of aromatic amines is 1. The van der Waals surface area contributed by atoms with Crippen LogP contribution in [-0.4, -0.2) is 21.1 Å². The fraction of sp³-hybridized carbons (Fsp3) is 0.0625. The van der Waals surface area contributed by atoms with Gasteiger partial charge in [0.2, 0.25) is 4.77 Å². The minimum absolute atomic E-state index is 0.176. The van der Waals surface area contributed by atoms with Crippen LogP contribution in [0.1, 0.15) is 11.4 Å². The predicted molar refractivity (Wildman–Crippen MR) is 95.3 cm³/mol. The van der Waals surface area contributed by atoms with Crippen LogP contribution in [0.25, 0.3) is 0 Å². The SMILES string of the molecule is Fc1ccc(Br)cc1/C=N/n1c(COc2ccccc2)n[nH]c1=S. The molecule has 0 radical (unpaired) electrons. The van der Waals surface area contributed by atoms with Gasteiger partial charge in [-0.3, -0.25) is 0 Å². The van der Waals surface area contributed by atoms with Gasteiger partial charge in [-0.15, -0.1) is 0 Å². The Morgan fingerprint density at radius 3 is 2.88 bits per heavy atom. The van der Waals surface area contributed by atoms with E-state index in [1.54, 1.807) is 12.1 Å². The largest absolute Gasteiger partial charge is 0.486 e. The number of halogens is 2. The highest BCUT2D eigenvalue weighted by Crippen LogP contribution is 2.14. The van der Waals surface area contributed by atoms with E-state index < -0.39 is 0 Å². The number of benzene rings is 2. The smallest absolute Gasteiger partial charge is 0.216 e. The van der Waals surface area contributed by atoms with Crippen molar-refractivity contribution in [1.29, 1.82) is 0 Å². The Morgan fingerprint density at radius 2 is 2.08 bits per heavy atom. The first-order chi connectivity index (χ1) is 11.6. The van der Waals surface area contributed by atoms with Crippen molar-refractivity contribution < 1.29 is 9.13 Å². The monoisotopic (exact) mass is 406 g/mol. The van der Waals surface area contributed by atoms with E-state index in [2.05, 4.69) is 31.2 Å². The molecule has 0 saturated heterocycles. The van der Waals surface area contributed by atoms with E-state index in [1.165, 1.54) is 17.0 Å². The van der Waals surface area contributed by atoms with Crippen LogP contribution >= 0.6 is 28.1 Å². The van der Waals surface area contributed by atoms with Gasteiger partial charge in [-0.2, -0.15) is 14.9 Å².